The Morgan fingerprint density at radius 1 is 1.40 bits per heavy atom. The summed E-state index contributed by atoms with van der Waals surface area (Å²) in [6.45, 7) is 4.18. The van der Waals surface area contributed by atoms with Crippen LogP contribution in [0.3, 0.4) is 0 Å². The van der Waals surface area contributed by atoms with E-state index in [4.69, 9.17) is 10.5 Å². The topological polar surface area (TPSA) is 35.2 Å². The first-order valence-electron chi connectivity index (χ1n) is 5.07. The Morgan fingerprint density at radius 3 is 2.47 bits per heavy atom. The van der Waals surface area contributed by atoms with Crippen LogP contribution < -0.4 is 10.5 Å². The first-order chi connectivity index (χ1) is 6.98. The molecule has 1 aromatic carbocycles. The van der Waals surface area contributed by atoms with E-state index in [9.17, 15) is 4.39 Å². The number of rotatable bonds is 2. The fraction of sp³-hybridized carbons (Fsp3) is 0.500. The van der Waals surface area contributed by atoms with Crippen molar-refractivity contribution in [2.24, 2.45) is 11.1 Å². The van der Waals surface area contributed by atoms with Gasteiger partial charge in [-0.25, -0.2) is 4.39 Å². The van der Waals surface area contributed by atoms with Gasteiger partial charge >= 0.3 is 0 Å². The molecule has 0 spiro atoms. The van der Waals surface area contributed by atoms with Crippen LogP contribution in [-0.2, 0) is 0 Å². The van der Waals surface area contributed by atoms with Gasteiger partial charge in [0, 0.05) is 17.5 Å². The molecule has 0 amide bonds. The van der Waals surface area contributed by atoms with Gasteiger partial charge in [-0.3, -0.25) is 0 Å². The third-order valence-electron chi connectivity index (χ3n) is 3.44. The highest BCUT2D eigenvalue weighted by molar-refractivity contribution is 5.44. The van der Waals surface area contributed by atoms with Crippen LogP contribution in [0.1, 0.15) is 25.3 Å². The molecule has 0 saturated heterocycles. The Labute approximate surface area is 89.2 Å². The van der Waals surface area contributed by atoms with E-state index in [1.165, 1.54) is 12.1 Å². The maximum absolute atomic E-state index is 13.2. The van der Waals surface area contributed by atoms with Crippen LogP contribution in [0.2, 0.25) is 0 Å². The monoisotopic (exact) mass is 209 g/mol. The summed E-state index contributed by atoms with van der Waals surface area (Å²) in [5.74, 6) is 0.686. The van der Waals surface area contributed by atoms with Gasteiger partial charge in [0.15, 0.2) is 0 Å². The van der Waals surface area contributed by atoms with E-state index in [2.05, 4.69) is 13.8 Å². The lowest BCUT2D eigenvalue weighted by atomic mass is 10.0. The van der Waals surface area contributed by atoms with E-state index in [1.54, 1.807) is 13.2 Å². The quantitative estimate of drug-likeness (QED) is 0.811. The van der Waals surface area contributed by atoms with Crippen molar-refractivity contribution in [3.63, 3.8) is 0 Å². The van der Waals surface area contributed by atoms with Crippen LogP contribution in [-0.4, -0.2) is 13.2 Å². The lowest BCUT2D eigenvalue weighted by Crippen LogP contribution is -2.06. The largest absolute Gasteiger partial charge is 0.496 e. The molecular weight excluding hydrogens is 193 g/mol. The fourth-order valence-corrected chi connectivity index (χ4v) is 2.22. The summed E-state index contributed by atoms with van der Waals surface area (Å²) in [5.41, 5.74) is 6.90. The Morgan fingerprint density at radius 2 is 2.00 bits per heavy atom. The highest BCUT2D eigenvalue weighted by Crippen LogP contribution is 2.59. The molecular formula is C12H16FNO. The second kappa shape index (κ2) is 3.20. The summed E-state index contributed by atoms with van der Waals surface area (Å²) < 4.78 is 18.4. The highest BCUT2D eigenvalue weighted by Gasteiger charge is 2.57. The van der Waals surface area contributed by atoms with Crippen molar-refractivity contribution in [3.05, 3.63) is 29.6 Å². The Bertz CT molecular complexity index is 389. The minimum atomic E-state index is -0.235. The van der Waals surface area contributed by atoms with E-state index in [1.807, 2.05) is 0 Å². The van der Waals surface area contributed by atoms with Gasteiger partial charge in [0.05, 0.1) is 7.11 Å². The van der Waals surface area contributed by atoms with E-state index >= 15 is 0 Å². The number of methoxy groups -OCH3 is 1. The number of benzene rings is 1. The van der Waals surface area contributed by atoms with Crippen LogP contribution in [0.25, 0.3) is 0 Å². The predicted molar refractivity (Wildman–Crippen MR) is 57.4 cm³/mol. The van der Waals surface area contributed by atoms with Gasteiger partial charge in [-0.05, 0) is 23.6 Å². The molecule has 1 aromatic rings. The minimum absolute atomic E-state index is 0.0427. The first-order valence-corrected chi connectivity index (χ1v) is 5.07. The normalized spacial score (nSPS) is 27.5. The van der Waals surface area contributed by atoms with E-state index in [0.717, 1.165) is 11.3 Å². The maximum atomic E-state index is 13.2. The van der Waals surface area contributed by atoms with Crippen molar-refractivity contribution < 1.29 is 9.13 Å². The zero-order valence-electron chi connectivity index (χ0n) is 9.25. The smallest absolute Gasteiger partial charge is 0.123 e. The number of nitrogens with two attached hydrogens (primary N) is 1. The van der Waals surface area contributed by atoms with Crippen molar-refractivity contribution >= 4 is 0 Å². The molecule has 0 bridgehead atoms. The Balaban J connectivity index is 2.40. The molecule has 0 aliphatic heterocycles. The molecule has 2 nitrogen and oxygen atoms in total. The fourth-order valence-electron chi connectivity index (χ4n) is 2.22. The number of hydrogen-bond donors (Lipinski definition) is 1. The molecule has 1 aliphatic carbocycles. The lowest BCUT2D eigenvalue weighted by molar-refractivity contribution is 0.406. The zero-order chi connectivity index (χ0) is 11.2. The summed E-state index contributed by atoms with van der Waals surface area (Å²) >= 11 is 0. The van der Waals surface area contributed by atoms with Gasteiger partial charge in [0.2, 0.25) is 0 Å². The minimum Gasteiger partial charge on any atom is -0.496 e. The third kappa shape index (κ3) is 1.51. The molecule has 1 saturated carbocycles. The van der Waals surface area contributed by atoms with Crippen molar-refractivity contribution in [3.8, 4) is 5.75 Å². The summed E-state index contributed by atoms with van der Waals surface area (Å²) in [7, 11) is 1.59. The molecule has 1 aliphatic rings. The molecule has 0 aromatic heterocycles. The molecule has 2 atom stereocenters. The molecule has 15 heavy (non-hydrogen) atoms. The van der Waals surface area contributed by atoms with Crippen molar-refractivity contribution in [2.75, 3.05) is 7.11 Å². The van der Waals surface area contributed by atoms with Crippen molar-refractivity contribution in [1.82, 2.24) is 0 Å². The SMILES string of the molecule is COc1ccc(F)cc1[C@H]1[C@H](N)C1(C)C. The average molecular weight is 209 g/mol. The maximum Gasteiger partial charge on any atom is 0.123 e. The molecule has 0 unspecified atom stereocenters. The van der Waals surface area contributed by atoms with Gasteiger partial charge < -0.3 is 10.5 Å². The van der Waals surface area contributed by atoms with E-state index < -0.39 is 0 Å². The summed E-state index contributed by atoms with van der Waals surface area (Å²) in [6.07, 6.45) is 0. The average Bonchev–Trinajstić information content (AvgIpc) is 2.66. The molecule has 2 N–H and O–H groups in total. The second-order valence-corrected chi connectivity index (χ2v) is 4.71. The van der Waals surface area contributed by atoms with Crippen molar-refractivity contribution in [2.45, 2.75) is 25.8 Å². The van der Waals surface area contributed by atoms with Gasteiger partial charge in [0.1, 0.15) is 11.6 Å². The summed E-state index contributed by atoms with van der Waals surface area (Å²) in [6, 6.07) is 4.68. The summed E-state index contributed by atoms with van der Waals surface area (Å²) in [5, 5.41) is 0. The van der Waals surface area contributed by atoms with Gasteiger partial charge in [-0.15, -0.1) is 0 Å². The Hall–Kier alpha value is -1.09. The van der Waals surface area contributed by atoms with Crippen molar-refractivity contribution in [1.29, 1.82) is 0 Å². The van der Waals surface area contributed by atoms with Crippen LogP contribution in [0.4, 0.5) is 4.39 Å². The summed E-state index contributed by atoms with van der Waals surface area (Å²) in [4.78, 5) is 0. The molecule has 2 rings (SSSR count). The molecule has 0 radical (unpaired) electrons. The van der Waals surface area contributed by atoms with E-state index in [0.29, 0.717) is 0 Å². The number of ether oxygens (including phenoxy) is 1. The first kappa shape index (κ1) is 10.4. The molecule has 1 fully saturated rings. The standard InChI is InChI=1S/C12H16FNO/c1-12(2)10(11(12)14)8-6-7(13)4-5-9(8)15-3/h4-6,10-11H,14H2,1-3H3/t10-,11-/m0/s1. The van der Waals surface area contributed by atoms with Crippen LogP contribution >= 0.6 is 0 Å². The van der Waals surface area contributed by atoms with Gasteiger partial charge in [-0.2, -0.15) is 0 Å². The second-order valence-electron chi connectivity index (χ2n) is 4.71. The third-order valence-corrected chi connectivity index (χ3v) is 3.44. The van der Waals surface area contributed by atoms with E-state index in [-0.39, 0.29) is 23.2 Å². The Kier molecular flexibility index (Phi) is 2.23. The zero-order valence-corrected chi connectivity index (χ0v) is 9.25. The number of hydrogen-bond acceptors (Lipinski definition) is 2. The van der Waals surface area contributed by atoms with Gasteiger partial charge in [0.25, 0.3) is 0 Å². The van der Waals surface area contributed by atoms with Crippen LogP contribution in [0.15, 0.2) is 18.2 Å². The molecule has 0 heterocycles. The lowest BCUT2D eigenvalue weighted by Gasteiger charge is -2.09. The van der Waals surface area contributed by atoms with Crippen LogP contribution in [0, 0.1) is 11.2 Å². The van der Waals surface area contributed by atoms with Crippen LogP contribution in [0.5, 0.6) is 5.75 Å². The highest BCUT2D eigenvalue weighted by atomic mass is 19.1. The number of halogens is 1. The van der Waals surface area contributed by atoms with Gasteiger partial charge in [-0.1, -0.05) is 13.8 Å². The molecule has 82 valence electrons. The molecule has 3 heteroatoms. The predicted octanol–water partition coefficient (Wildman–Crippen LogP) is 2.29.